The molecular weight excluding hydrogens is 485 g/mol. The Hall–Kier alpha value is -2.60. The van der Waals surface area contributed by atoms with Crippen molar-refractivity contribution in [3.63, 3.8) is 0 Å². The number of hydrogen-bond donors (Lipinski definition) is 0. The summed E-state index contributed by atoms with van der Waals surface area (Å²) in [6.45, 7) is 6.67. The van der Waals surface area contributed by atoms with Gasteiger partial charge in [-0.05, 0) is 0 Å². The van der Waals surface area contributed by atoms with Gasteiger partial charge in [0, 0.05) is 21.6 Å². The van der Waals surface area contributed by atoms with Crippen molar-refractivity contribution in [2.45, 2.75) is 57.7 Å². The number of fused-ring (bicyclic) bond motifs is 2. The van der Waals surface area contributed by atoms with Crippen molar-refractivity contribution in [2.75, 3.05) is 6.61 Å². The van der Waals surface area contributed by atoms with Gasteiger partial charge in [-0.2, -0.15) is 0 Å². The Morgan fingerprint density at radius 2 is 1.41 bits per heavy atom. The van der Waals surface area contributed by atoms with Crippen LogP contribution in [0.5, 0.6) is 0 Å². The summed E-state index contributed by atoms with van der Waals surface area (Å²) < 4.78 is 32.5. The first-order valence-corrected chi connectivity index (χ1v) is 14.0. The highest BCUT2D eigenvalue weighted by Gasteiger charge is 2.55. The molecule has 2 saturated heterocycles. The van der Waals surface area contributed by atoms with E-state index in [1.165, 1.54) is 0 Å². The highest BCUT2D eigenvalue weighted by molar-refractivity contribution is 7.68. The van der Waals surface area contributed by atoms with Gasteiger partial charge < -0.3 is 23.5 Å². The lowest BCUT2D eigenvalue weighted by Gasteiger charge is -2.47. The van der Waals surface area contributed by atoms with E-state index in [1.54, 1.807) is 0 Å². The van der Waals surface area contributed by atoms with Gasteiger partial charge in [-0.15, -0.1) is 0 Å². The molecule has 3 aromatic carbocycles. The first-order chi connectivity index (χ1) is 18.0. The van der Waals surface area contributed by atoms with Crippen LogP contribution in [0.25, 0.3) is 0 Å². The normalized spacial score (nSPS) is 29.2. The predicted octanol–water partition coefficient (Wildman–Crippen LogP) is 5.10. The summed E-state index contributed by atoms with van der Waals surface area (Å²) in [4.78, 5) is 5.03. The molecule has 0 radical (unpaired) electrons. The second kappa shape index (κ2) is 10.3. The van der Waals surface area contributed by atoms with Gasteiger partial charge in [0.05, 0.1) is 14.8 Å². The number of rotatable bonds is 5. The molecule has 2 fully saturated rings. The molecule has 0 N–H and O–H groups in total. The van der Waals surface area contributed by atoms with E-state index in [0.717, 1.165) is 16.2 Å². The maximum absolute atomic E-state index is 7.11. The molecule has 0 aliphatic carbocycles. The average molecular weight is 518 g/mol. The molecule has 37 heavy (non-hydrogen) atoms. The fraction of sp³-hybridized carbons (Fsp3) is 0.367. The van der Waals surface area contributed by atoms with Crippen molar-refractivity contribution in [1.82, 2.24) is 0 Å². The number of benzene rings is 3. The van der Waals surface area contributed by atoms with Crippen molar-refractivity contribution in [1.29, 1.82) is 0 Å². The molecule has 3 aliphatic rings. The molecule has 0 amide bonds. The summed E-state index contributed by atoms with van der Waals surface area (Å²) in [6, 6.07) is 30.4. The Morgan fingerprint density at radius 1 is 0.811 bits per heavy atom. The highest BCUT2D eigenvalue weighted by atomic mass is 31.1. The molecule has 3 aromatic rings. The highest BCUT2D eigenvalue weighted by Crippen LogP contribution is 2.46. The van der Waals surface area contributed by atoms with E-state index in [2.05, 4.69) is 69.3 Å². The van der Waals surface area contributed by atoms with Gasteiger partial charge in [0.25, 0.3) is 0 Å². The molecule has 7 heteroatoms. The zero-order valence-corrected chi connectivity index (χ0v) is 22.2. The second-order valence-electron chi connectivity index (χ2n) is 10.5. The number of nitrogens with zero attached hydrogens (tertiary/aromatic N) is 1. The number of ether oxygens (including phenoxy) is 4. The minimum absolute atomic E-state index is 0.246. The quantitative estimate of drug-likeness (QED) is 0.441. The van der Waals surface area contributed by atoms with Crippen molar-refractivity contribution >= 4 is 24.7 Å². The van der Waals surface area contributed by atoms with Gasteiger partial charge in [0.15, 0.2) is 12.2 Å². The van der Waals surface area contributed by atoms with Gasteiger partial charge in [-0.1, -0.05) is 112 Å². The van der Waals surface area contributed by atoms with Crippen LogP contribution in [-0.2, 0) is 23.5 Å². The number of hydrogen-bond acceptors (Lipinski definition) is 6. The number of aliphatic imine (C=N–C) groups is 1. The zero-order valence-electron chi connectivity index (χ0n) is 21.3. The summed E-state index contributed by atoms with van der Waals surface area (Å²) in [5.74, 6) is 0.680. The molecule has 6 rings (SSSR count). The van der Waals surface area contributed by atoms with E-state index in [-0.39, 0.29) is 29.8 Å². The van der Waals surface area contributed by atoms with Crippen LogP contribution in [0.15, 0.2) is 96.0 Å². The average Bonchev–Trinajstić information content (AvgIpc) is 3.37. The van der Waals surface area contributed by atoms with Crippen LogP contribution in [0.4, 0.5) is 0 Å². The Labute approximate surface area is 219 Å². The third-order valence-corrected chi connectivity index (χ3v) is 8.71. The third-order valence-electron chi connectivity index (χ3n) is 6.72. The molecule has 0 saturated carbocycles. The van der Waals surface area contributed by atoms with Crippen LogP contribution in [0.2, 0.25) is 0 Å². The molecule has 2 unspecified atom stereocenters. The summed E-state index contributed by atoms with van der Waals surface area (Å²) in [7, 11) is -1.14. The van der Waals surface area contributed by atoms with Crippen LogP contribution in [0.3, 0.4) is 0 Å². The van der Waals surface area contributed by atoms with Gasteiger partial charge in [0.2, 0.25) is 6.29 Å². The topological polar surface area (TPSA) is 58.5 Å². The lowest BCUT2D eigenvalue weighted by molar-refractivity contribution is -0.326. The standard InChI is InChI=1S/C30H32NO5P/c1-30(2,3)29-31-24-26(36-37(21-15-9-5-10-16-21)22-17-11-6-12-18-22)25-23(33-28(24)35-29)19-32-27(34-25)20-13-7-4-8-14-20/h4-18,23-28H,19H2,1-3H3/t23-,24-,25-,26-,27?,28?/m1/s1. The smallest absolute Gasteiger partial charge is 0.227 e. The summed E-state index contributed by atoms with van der Waals surface area (Å²) in [5.41, 5.74) is 0.723. The van der Waals surface area contributed by atoms with E-state index in [1.807, 2.05) is 42.5 Å². The SMILES string of the molecule is CC(C)(C)C1=N[C@H]2C(O1)O[C@@H]1COC(c3ccccc3)O[C@H]1[C@@H]2OP(c1ccccc1)c1ccccc1. The van der Waals surface area contributed by atoms with Crippen LogP contribution in [0.1, 0.15) is 32.6 Å². The summed E-state index contributed by atoms with van der Waals surface area (Å²) in [5, 5.41) is 2.27. The van der Waals surface area contributed by atoms with E-state index < -0.39 is 20.7 Å². The lowest BCUT2D eigenvalue weighted by Crippen LogP contribution is -2.61. The Morgan fingerprint density at radius 3 is 2.00 bits per heavy atom. The van der Waals surface area contributed by atoms with Crippen LogP contribution in [-0.4, -0.2) is 43.1 Å². The monoisotopic (exact) mass is 517 g/mol. The molecule has 3 heterocycles. The molecule has 3 aliphatic heterocycles. The molecule has 0 spiro atoms. The predicted molar refractivity (Wildman–Crippen MR) is 144 cm³/mol. The summed E-state index contributed by atoms with van der Waals surface area (Å²) in [6.07, 6.45) is -2.12. The van der Waals surface area contributed by atoms with Gasteiger partial charge in [-0.3, -0.25) is 0 Å². The Kier molecular flexibility index (Phi) is 6.87. The molecule has 0 bridgehead atoms. The largest absolute Gasteiger partial charge is 0.449 e. The van der Waals surface area contributed by atoms with E-state index in [4.69, 9.17) is 28.5 Å². The van der Waals surface area contributed by atoms with Crippen LogP contribution >= 0.6 is 8.15 Å². The van der Waals surface area contributed by atoms with Crippen molar-refractivity contribution in [3.8, 4) is 0 Å². The van der Waals surface area contributed by atoms with Crippen molar-refractivity contribution < 1.29 is 23.5 Å². The fourth-order valence-corrected chi connectivity index (χ4v) is 6.77. The van der Waals surface area contributed by atoms with Gasteiger partial charge >= 0.3 is 0 Å². The fourth-order valence-electron chi connectivity index (χ4n) is 4.86. The van der Waals surface area contributed by atoms with Crippen molar-refractivity contribution in [2.24, 2.45) is 10.4 Å². The maximum atomic E-state index is 7.11. The van der Waals surface area contributed by atoms with Crippen molar-refractivity contribution in [3.05, 3.63) is 96.6 Å². The third kappa shape index (κ3) is 5.09. The zero-order chi connectivity index (χ0) is 25.4. The lowest BCUT2D eigenvalue weighted by atomic mass is 9.96. The summed E-state index contributed by atoms with van der Waals surface area (Å²) >= 11 is 0. The Balaban J connectivity index is 1.38. The molecular formula is C30H32NO5P. The first kappa shape index (κ1) is 24.7. The first-order valence-electron chi connectivity index (χ1n) is 12.8. The Bertz CT molecular complexity index is 1180. The van der Waals surface area contributed by atoms with Crippen LogP contribution < -0.4 is 10.6 Å². The van der Waals surface area contributed by atoms with Gasteiger partial charge in [-0.25, -0.2) is 4.99 Å². The van der Waals surface area contributed by atoms with E-state index >= 15 is 0 Å². The molecule has 192 valence electrons. The molecule has 0 aromatic heterocycles. The molecule has 6 nitrogen and oxygen atoms in total. The maximum Gasteiger partial charge on any atom is 0.227 e. The second-order valence-corrected chi connectivity index (χ2v) is 12.4. The van der Waals surface area contributed by atoms with E-state index in [0.29, 0.717) is 12.5 Å². The van der Waals surface area contributed by atoms with Gasteiger partial charge in [0.1, 0.15) is 24.4 Å². The minimum atomic E-state index is -1.14. The minimum Gasteiger partial charge on any atom is -0.449 e. The molecule has 6 atom stereocenters. The van der Waals surface area contributed by atoms with E-state index in [9.17, 15) is 0 Å². The van der Waals surface area contributed by atoms with Crippen LogP contribution in [0, 0.1) is 5.41 Å².